The standard InChI is InChI=1S/C14H21ClN2O2/c1-5-19-7-6-10-9-16-12(15)8-11(10)13(18)17-14(2,3)4/h6-9,13,17-18H,5H2,1-4H3/b7-6+. The second-order valence-electron chi connectivity index (χ2n) is 5.19. The van der Waals surface area contributed by atoms with Crippen LogP contribution < -0.4 is 5.32 Å². The van der Waals surface area contributed by atoms with Crippen LogP contribution in [0.15, 0.2) is 18.5 Å². The molecule has 0 saturated heterocycles. The van der Waals surface area contributed by atoms with Crippen LogP contribution in [0, 0.1) is 0 Å². The molecule has 106 valence electrons. The van der Waals surface area contributed by atoms with Gasteiger partial charge < -0.3 is 9.84 Å². The molecule has 1 atom stereocenters. The van der Waals surface area contributed by atoms with Crippen molar-refractivity contribution in [2.45, 2.75) is 39.5 Å². The fraction of sp³-hybridized carbons (Fsp3) is 0.500. The molecule has 0 aliphatic carbocycles. The number of rotatable bonds is 5. The number of aliphatic hydroxyl groups is 1. The van der Waals surface area contributed by atoms with Crippen LogP contribution in [-0.4, -0.2) is 22.2 Å². The smallest absolute Gasteiger partial charge is 0.132 e. The van der Waals surface area contributed by atoms with Gasteiger partial charge in [-0.2, -0.15) is 0 Å². The highest BCUT2D eigenvalue weighted by atomic mass is 35.5. The Bertz CT molecular complexity index is 442. The Hall–Kier alpha value is -1.10. The van der Waals surface area contributed by atoms with E-state index in [-0.39, 0.29) is 5.54 Å². The molecule has 1 rings (SSSR count). The zero-order valence-corrected chi connectivity index (χ0v) is 12.5. The predicted molar refractivity (Wildman–Crippen MR) is 77.8 cm³/mol. The van der Waals surface area contributed by atoms with Gasteiger partial charge in [0.25, 0.3) is 0 Å². The lowest BCUT2D eigenvalue weighted by Crippen LogP contribution is -2.39. The number of nitrogens with one attached hydrogen (secondary N) is 1. The van der Waals surface area contributed by atoms with E-state index in [1.54, 1.807) is 24.6 Å². The first kappa shape index (κ1) is 16.0. The Morgan fingerprint density at radius 2 is 2.21 bits per heavy atom. The van der Waals surface area contributed by atoms with Crippen molar-refractivity contribution in [3.63, 3.8) is 0 Å². The van der Waals surface area contributed by atoms with Crippen LogP contribution in [0.4, 0.5) is 0 Å². The first-order valence-electron chi connectivity index (χ1n) is 6.23. The average molecular weight is 285 g/mol. The van der Waals surface area contributed by atoms with Gasteiger partial charge in [0.2, 0.25) is 0 Å². The monoisotopic (exact) mass is 284 g/mol. The number of pyridine rings is 1. The molecular formula is C14H21ClN2O2. The van der Waals surface area contributed by atoms with Crippen molar-refractivity contribution in [3.8, 4) is 0 Å². The molecule has 0 aliphatic heterocycles. The number of ether oxygens (including phenoxy) is 1. The van der Waals surface area contributed by atoms with Crippen LogP contribution in [0.25, 0.3) is 6.08 Å². The second kappa shape index (κ2) is 6.89. The van der Waals surface area contributed by atoms with Crippen LogP contribution in [0.3, 0.4) is 0 Å². The van der Waals surface area contributed by atoms with Gasteiger partial charge in [-0.05, 0) is 39.8 Å². The number of hydrogen-bond acceptors (Lipinski definition) is 4. The Kier molecular flexibility index (Phi) is 5.79. The van der Waals surface area contributed by atoms with E-state index in [2.05, 4.69) is 10.3 Å². The molecule has 0 fully saturated rings. The van der Waals surface area contributed by atoms with Gasteiger partial charge in [0.1, 0.15) is 11.4 Å². The van der Waals surface area contributed by atoms with Crippen LogP contribution in [-0.2, 0) is 4.74 Å². The maximum Gasteiger partial charge on any atom is 0.132 e. The minimum Gasteiger partial charge on any atom is -0.501 e. The summed E-state index contributed by atoms with van der Waals surface area (Å²) in [6.45, 7) is 8.44. The van der Waals surface area contributed by atoms with Crippen LogP contribution >= 0.6 is 11.6 Å². The molecule has 1 aromatic rings. The third-order valence-corrected chi connectivity index (χ3v) is 2.52. The Labute approximate surface area is 119 Å². The Morgan fingerprint density at radius 1 is 1.53 bits per heavy atom. The molecule has 0 radical (unpaired) electrons. The third kappa shape index (κ3) is 5.59. The van der Waals surface area contributed by atoms with E-state index in [0.29, 0.717) is 17.3 Å². The summed E-state index contributed by atoms with van der Waals surface area (Å²) in [7, 11) is 0. The lowest BCUT2D eigenvalue weighted by atomic mass is 10.0. The molecule has 0 amide bonds. The van der Waals surface area contributed by atoms with E-state index in [1.807, 2.05) is 27.7 Å². The Morgan fingerprint density at radius 3 is 2.79 bits per heavy atom. The van der Waals surface area contributed by atoms with E-state index < -0.39 is 6.23 Å². The summed E-state index contributed by atoms with van der Waals surface area (Å²) in [6.07, 6.45) is 4.14. The molecule has 1 heterocycles. The molecule has 1 unspecified atom stereocenters. The lowest BCUT2D eigenvalue weighted by Gasteiger charge is -2.26. The molecule has 0 spiro atoms. The summed E-state index contributed by atoms with van der Waals surface area (Å²) in [6, 6.07) is 1.65. The van der Waals surface area contributed by atoms with Crippen molar-refractivity contribution in [1.29, 1.82) is 0 Å². The summed E-state index contributed by atoms with van der Waals surface area (Å²) in [5.74, 6) is 0. The van der Waals surface area contributed by atoms with Gasteiger partial charge in [0, 0.05) is 22.9 Å². The molecule has 5 heteroatoms. The van der Waals surface area contributed by atoms with E-state index in [4.69, 9.17) is 16.3 Å². The van der Waals surface area contributed by atoms with E-state index in [9.17, 15) is 5.11 Å². The highest BCUT2D eigenvalue weighted by Crippen LogP contribution is 2.22. The molecular weight excluding hydrogens is 264 g/mol. The fourth-order valence-electron chi connectivity index (χ4n) is 1.54. The van der Waals surface area contributed by atoms with Crippen molar-refractivity contribution in [1.82, 2.24) is 10.3 Å². The van der Waals surface area contributed by atoms with Gasteiger partial charge in [-0.25, -0.2) is 4.98 Å². The van der Waals surface area contributed by atoms with Crippen molar-refractivity contribution in [2.75, 3.05) is 6.61 Å². The van der Waals surface area contributed by atoms with E-state index >= 15 is 0 Å². The molecule has 0 aromatic carbocycles. The zero-order valence-electron chi connectivity index (χ0n) is 11.8. The molecule has 0 saturated carbocycles. The van der Waals surface area contributed by atoms with Gasteiger partial charge in [-0.3, -0.25) is 5.32 Å². The zero-order chi connectivity index (χ0) is 14.5. The van der Waals surface area contributed by atoms with Gasteiger partial charge in [-0.15, -0.1) is 0 Å². The highest BCUT2D eigenvalue weighted by Gasteiger charge is 2.18. The fourth-order valence-corrected chi connectivity index (χ4v) is 1.70. The summed E-state index contributed by atoms with van der Waals surface area (Å²) in [5.41, 5.74) is 1.23. The molecule has 2 N–H and O–H groups in total. The van der Waals surface area contributed by atoms with Crippen molar-refractivity contribution in [2.24, 2.45) is 0 Å². The molecule has 0 bridgehead atoms. The summed E-state index contributed by atoms with van der Waals surface area (Å²) in [5, 5.41) is 13.7. The minimum absolute atomic E-state index is 0.212. The largest absolute Gasteiger partial charge is 0.501 e. The number of nitrogens with zero attached hydrogens (tertiary/aromatic N) is 1. The topological polar surface area (TPSA) is 54.4 Å². The first-order valence-corrected chi connectivity index (χ1v) is 6.60. The normalized spacial score (nSPS) is 13.8. The highest BCUT2D eigenvalue weighted by molar-refractivity contribution is 6.29. The summed E-state index contributed by atoms with van der Waals surface area (Å²) in [4.78, 5) is 4.02. The summed E-state index contributed by atoms with van der Waals surface area (Å²) >= 11 is 5.89. The van der Waals surface area contributed by atoms with Crippen molar-refractivity contribution < 1.29 is 9.84 Å². The van der Waals surface area contributed by atoms with Gasteiger partial charge >= 0.3 is 0 Å². The molecule has 0 aliphatic rings. The molecule has 19 heavy (non-hydrogen) atoms. The van der Waals surface area contributed by atoms with Crippen LogP contribution in [0.2, 0.25) is 5.15 Å². The van der Waals surface area contributed by atoms with Crippen molar-refractivity contribution >= 4 is 17.7 Å². The lowest BCUT2D eigenvalue weighted by molar-refractivity contribution is 0.106. The average Bonchev–Trinajstić information content (AvgIpc) is 2.29. The minimum atomic E-state index is -0.818. The van der Waals surface area contributed by atoms with E-state index in [0.717, 1.165) is 5.56 Å². The number of aliphatic hydroxyl groups excluding tert-OH is 1. The predicted octanol–water partition coefficient (Wildman–Crippen LogP) is 3.12. The van der Waals surface area contributed by atoms with Gasteiger partial charge in [0.05, 0.1) is 12.9 Å². The number of aromatic nitrogens is 1. The van der Waals surface area contributed by atoms with Crippen LogP contribution in [0.1, 0.15) is 45.0 Å². The summed E-state index contributed by atoms with van der Waals surface area (Å²) < 4.78 is 5.16. The molecule has 1 aromatic heterocycles. The van der Waals surface area contributed by atoms with E-state index in [1.165, 1.54) is 0 Å². The maximum absolute atomic E-state index is 10.2. The SMILES string of the molecule is CCO/C=C/c1cnc(Cl)cc1C(O)NC(C)(C)C. The number of hydrogen-bond donors (Lipinski definition) is 2. The quantitative estimate of drug-likeness (QED) is 0.495. The Balaban J connectivity index is 2.99. The van der Waals surface area contributed by atoms with Gasteiger partial charge in [0.15, 0.2) is 0 Å². The molecule has 4 nitrogen and oxygen atoms in total. The van der Waals surface area contributed by atoms with Crippen molar-refractivity contribution in [3.05, 3.63) is 34.8 Å². The van der Waals surface area contributed by atoms with Gasteiger partial charge in [-0.1, -0.05) is 11.6 Å². The maximum atomic E-state index is 10.2. The second-order valence-corrected chi connectivity index (χ2v) is 5.58. The van der Waals surface area contributed by atoms with Crippen LogP contribution in [0.5, 0.6) is 0 Å². The first-order chi connectivity index (χ1) is 8.83. The third-order valence-electron chi connectivity index (χ3n) is 2.31. The number of halogens is 1.